The summed E-state index contributed by atoms with van der Waals surface area (Å²) in [5.41, 5.74) is 10.1. The van der Waals surface area contributed by atoms with Gasteiger partial charge in [0.2, 0.25) is 0 Å². The molecule has 3 aromatic rings. The highest BCUT2D eigenvalue weighted by Crippen LogP contribution is 2.35. The summed E-state index contributed by atoms with van der Waals surface area (Å²) >= 11 is 1.54. The molecule has 4 rings (SSSR count). The van der Waals surface area contributed by atoms with Crippen LogP contribution in [0.25, 0.3) is 21.8 Å². The Hall–Kier alpha value is -2.86. The summed E-state index contributed by atoms with van der Waals surface area (Å²) in [5, 5.41) is 5.66. The zero-order chi connectivity index (χ0) is 15.8. The van der Waals surface area contributed by atoms with E-state index in [-0.39, 0.29) is 12.5 Å². The molecule has 3 N–H and O–H groups in total. The van der Waals surface area contributed by atoms with Crippen LogP contribution in [0.3, 0.4) is 0 Å². The van der Waals surface area contributed by atoms with Crippen molar-refractivity contribution in [2.45, 2.75) is 0 Å². The number of hydrogen-bond acceptors (Lipinski definition) is 5. The highest BCUT2D eigenvalue weighted by molar-refractivity contribution is 7.13. The van der Waals surface area contributed by atoms with E-state index in [9.17, 15) is 4.79 Å². The summed E-state index contributed by atoms with van der Waals surface area (Å²) in [4.78, 5) is 16.1. The molecule has 0 unspecified atom stereocenters. The summed E-state index contributed by atoms with van der Waals surface area (Å²) < 4.78 is 5.37. The van der Waals surface area contributed by atoms with Gasteiger partial charge in [-0.25, -0.2) is 4.98 Å². The number of nitrogens with zero attached hydrogens (tertiary/aromatic N) is 1. The van der Waals surface area contributed by atoms with Gasteiger partial charge in [0.05, 0.1) is 11.4 Å². The molecule has 5 nitrogen and oxygen atoms in total. The minimum absolute atomic E-state index is 0.0560. The number of rotatable bonds is 2. The average Bonchev–Trinajstić information content (AvgIpc) is 3.04. The Morgan fingerprint density at radius 1 is 1.22 bits per heavy atom. The van der Waals surface area contributed by atoms with Gasteiger partial charge in [0.1, 0.15) is 10.8 Å². The van der Waals surface area contributed by atoms with Gasteiger partial charge in [-0.05, 0) is 30.3 Å². The molecule has 1 aliphatic heterocycles. The van der Waals surface area contributed by atoms with Gasteiger partial charge in [-0.3, -0.25) is 4.79 Å². The van der Waals surface area contributed by atoms with E-state index in [1.54, 1.807) is 0 Å². The lowest BCUT2D eigenvalue weighted by Crippen LogP contribution is -2.25. The number of aromatic nitrogens is 1. The van der Waals surface area contributed by atoms with Crippen molar-refractivity contribution in [3.05, 3.63) is 47.8 Å². The first-order chi connectivity index (χ1) is 11.2. The summed E-state index contributed by atoms with van der Waals surface area (Å²) in [5.74, 6) is 0.529. The predicted octanol–water partition coefficient (Wildman–Crippen LogP) is 3.39. The van der Waals surface area contributed by atoms with E-state index in [1.807, 2.05) is 47.8 Å². The highest BCUT2D eigenvalue weighted by Gasteiger charge is 2.17. The molecule has 0 aliphatic carbocycles. The number of ether oxygens (including phenoxy) is 1. The fourth-order valence-corrected chi connectivity index (χ4v) is 3.34. The molecule has 0 radical (unpaired) electrons. The van der Waals surface area contributed by atoms with Gasteiger partial charge < -0.3 is 15.8 Å². The number of carbonyl (C=O) groups excluding carboxylic acids is 1. The zero-order valence-corrected chi connectivity index (χ0v) is 12.9. The maximum atomic E-state index is 11.4. The first kappa shape index (κ1) is 13.8. The fourth-order valence-electron chi connectivity index (χ4n) is 2.46. The summed E-state index contributed by atoms with van der Waals surface area (Å²) in [6, 6.07) is 13.3. The molecule has 6 heteroatoms. The molecule has 114 valence electrons. The lowest BCUT2D eigenvalue weighted by atomic mass is 10.1. The van der Waals surface area contributed by atoms with Gasteiger partial charge in [-0.15, -0.1) is 11.3 Å². The first-order valence-electron chi connectivity index (χ1n) is 7.08. The number of fused-ring (bicyclic) bond motifs is 1. The van der Waals surface area contributed by atoms with Crippen LogP contribution in [0.2, 0.25) is 0 Å². The van der Waals surface area contributed by atoms with Crippen molar-refractivity contribution in [1.29, 1.82) is 0 Å². The van der Waals surface area contributed by atoms with Gasteiger partial charge in [0.15, 0.2) is 6.61 Å². The number of benzene rings is 2. The molecule has 0 bridgehead atoms. The van der Waals surface area contributed by atoms with Crippen molar-refractivity contribution in [3.8, 4) is 27.6 Å². The Labute approximate surface area is 136 Å². The topological polar surface area (TPSA) is 77.2 Å². The number of thiazole rings is 1. The number of para-hydroxylation sites is 1. The van der Waals surface area contributed by atoms with Gasteiger partial charge in [-0.1, -0.05) is 12.1 Å². The maximum absolute atomic E-state index is 11.4. The second-order valence-electron chi connectivity index (χ2n) is 5.17. The van der Waals surface area contributed by atoms with E-state index in [2.05, 4.69) is 10.3 Å². The van der Waals surface area contributed by atoms with Gasteiger partial charge >= 0.3 is 0 Å². The van der Waals surface area contributed by atoms with Gasteiger partial charge in [0, 0.05) is 22.2 Å². The second kappa shape index (κ2) is 5.40. The largest absolute Gasteiger partial charge is 0.482 e. The molecule has 2 heterocycles. The van der Waals surface area contributed by atoms with E-state index in [4.69, 9.17) is 10.5 Å². The molecule has 1 amide bonds. The minimum Gasteiger partial charge on any atom is -0.482 e. The standard InChI is InChI=1S/C17H13N3O2S/c18-12-4-2-1-3-11(12)17-20-14(9-23-17)10-5-6-15-13(7-10)19-16(21)8-22-15/h1-7,9H,8,18H2,(H,19,21). The van der Waals surface area contributed by atoms with Crippen LogP contribution in [0.1, 0.15) is 0 Å². The number of nitrogens with two attached hydrogens (primary N) is 1. The SMILES string of the molecule is Nc1ccccc1-c1nc(-c2ccc3c(c2)NC(=O)CO3)cs1. The van der Waals surface area contributed by atoms with E-state index in [0.717, 1.165) is 21.8 Å². The quantitative estimate of drug-likeness (QED) is 0.709. The van der Waals surface area contributed by atoms with Crippen LogP contribution < -0.4 is 15.8 Å². The van der Waals surface area contributed by atoms with Crippen molar-refractivity contribution in [2.24, 2.45) is 0 Å². The van der Waals surface area contributed by atoms with Crippen LogP contribution >= 0.6 is 11.3 Å². The maximum Gasteiger partial charge on any atom is 0.262 e. The highest BCUT2D eigenvalue weighted by atomic mass is 32.1. The van der Waals surface area contributed by atoms with E-state index in [1.165, 1.54) is 11.3 Å². The molecule has 0 spiro atoms. The van der Waals surface area contributed by atoms with E-state index >= 15 is 0 Å². The Kier molecular flexibility index (Phi) is 3.24. The van der Waals surface area contributed by atoms with Crippen LogP contribution in [-0.2, 0) is 4.79 Å². The van der Waals surface area contributed by atoms with Crippen molar-refractivity contribution < 1.29 is 9.53 Å². The summed E-state index contributed by atoms with van der Waals surface area (Å²) in [7, 11) is 0. The Bertz CT molecular complexity index is 904. The number of nitrogen functional groups attached to an aromatic ring is 1. The Balaban J connectivity index is 1.71. The monoisotopic (exact) mass is 323 g/mol. The number of amides is 1. The van der Waals surface area contributed by atoms with Crippen molar-refractivity contribution >= 4 is 28.6 Å². The van der Waals surface area contributed by atoms with Crippen LogP contribution in [0.15, 0.2) is 47.8 Å². The third-order valence-electron chi connectivity index (χ3n) is 3.60. The molecule has 23 heavy (non-hydrogen) atoms. The number of hydrogen-bond donors (Lipinski definition) is 2. The third kappa shape index (κ3) is 2.53. The van der Waals surface area contributed by atoms with Gasteiger partial charge in [-0.2, -0.15) is 0 Å². The molecule has 0 atom stereocenters. The fraction of sp³-hybridized carbons (Fsp3) is 0.0588. The Morgan fingerprint density at radius 2 is 2.09 bits per heavy atom. The van der Waals surface area contributed by atoms with Crippen molar-refractivity contribution in [2.75, 3.05) is 17.7 Å². The zero-order valence-electron chi connectivity index (χ0n) is 12.1. The number of anilines is 2. The molecule has 1 aromatic heterocycles. The van der Waals surface area contributed by atoms with E-state index < -0.39 is 0 Å². The molecule has 0 fully saturated rings. The smallest absolute Gasteiger partial charge is 0.262 e. The first-order valence-corrected chi connectivity index (χ1v) is 7.96. The molecular weight excluding hydrogens is 310 g/mol. The Morgan fingerprint density at radius 3 is 2.96 bits per heavy atom. The number of nitrogens with one attached hydrogen (secondary N) is 1. The summed E-state index contributed by atoms with van der Waals surface area (Å²) in [6.07, 6.45) is 0. The predicted molar refractivity (Wildman–Crippen MR) is 91.5 cm³/mol. The van der Waals surface area contributed by atoms with Crippen LogP contribution in [0.4, 0.5) is 11.4 Å². The lowest BCUT2D eigenvalue weighted by molar-refractivity contribution is -0.118. The normalized spacial score (nSPS) is 13.1. The van der Waals surface area contributed by atoms with Crippen LogP contribution in [-0.4, -0.2) is 17.5 Å². The van der Waals surface area contributed by atoms with Crippen LogP contribution in [0.5, 0.6) is 5.75 Å². The molecule has 0 saturated heterocycles. The average molecular weight is 323 g/mol. The van der Waals surface area contributed by atoms with Crippen LogP contribution in [0, 0.1) is 0 Å². The van der Waals surface area contributed by atoms with E-state index in [0.29, 0.717) is 17.1 Å². The molecule has 2 aromatic carbocycles. The minimum atomic E-state index is -0.148. The van der Waals surface area contributed by atoms with Crippen molar-refractivity contribution in [1.82, 2.24) is 4.98 Å². The molecular formula is C17H13N3O2S. The van der Waals surface area contributed by atoms with Gasteiger partial charge in [0.25, 0.3) is 5.91 Å². The summed E-state index contributed by atoms with van der Waals surface area (Å²) in [6.45, 7) is 0.0560. The second-order valence-corrected chi connectivity index (χ2v) is 6.03. The number of carbonyl (C=O) groups is 1. The van der Waals surface area contributed by atoms with Crippen molar-refractivity contribution in [3.63, 3.8) is 0 Å². The molecule has 1 aliphatic rings. The lowest BCUT2D eigenvalue weighted by Gasteiger charge is -2.18. The molecule has 0 saturated carbocycles. The third-order valence-corrected chi connectivity index (χ3v) is 4.48.